The highest BCUT2D eigenvalue weighted by Gasteiger charge is 2.10. The van der Waals surface area contributed by atoms with Crippen LogP contribution >= 0.6 is 0 Å². The molecule has 1 aromatic rings. The Hall–Kier alpha value is -1.10. The third-order valence-electron chi connectivity index (χ3n) is 2.88. The molecule has 4 heteroatoms. The van der Waals surface area contributed by atoms with Gasteiger partial charge in [-0.25, -0.2) is 0 Å². The Morgan fingerprint density at radius 1 is 1.16 bits per heavy atom. The molecule has 0 fully saturated rings. The van der Waals surface area contributed by atoms with Crippen molar-refractivity contribution in [2.75, 3.05) is 40.0 Å². The topological polar surface area (TPSA) is 41.9 Å². The number of benzene rings is 1. The van der Waals surface area contributed by atoms with Gasteiger partial charge in [-0.3, -0.25) is 0 Å². The average Bonchev–Trinajstić information content (AvgIpc) is 2.40. The maximum Gasteiger partial charge on any atom is 0.119 e. The predicted molar refractivity (Wildman–Crippen MR) is 76.6 cm³/mol. The third kappa shape index (κ3) is 6.05. The Morgan fingerprint density at radius 2 is 1.84 bits per heavy atom. The van der Waals surface area contributed by atoms with Crippen LogP contribution in [-0.4, -0.2) is 50.0 Å². The molecule has 19 heavy (non-hydrogen) atoms. The number of hydrogen-bond acceptors (Lipinski definition) is 4. The first-order valence-electron chi connectivity index (χ1n) is 6.84. The van der Waals surface area contributed by atoms with Gasteiger partial charge in [0.05, 0.1) is 19.3 Å². The summed E-state index contributed by atoms with van der Waals surface area (Å²) in [5.74, 6) is 0.836. The summed E-state index contributed by atoms with van der Waals surface area (Å²) in [5, 5.41) is 10.1. The lowest BCUT2D eigenvalue weighted by Crippen LogP contribution is -2.28. The van der Waals surface area contributed by atoms with Gasteiger partial charge in [0.2, 0.25) is 0 Å². The van der Waals surface area contributed by atoms with Crippen LogP contribution < -0.4 is 4.74 Å². The summed E-state index contributed by atoms with van der Waals surface area (Å²) in [6.45, 7) is 7.44. The van der Waals surface area contributed by atoms with Crippen LogP contribution in [0.15, 0.2) is 24.3 Å². The molecular weight excluding hydrogens is 242 g/mol. The molecule has 0 aliphatic carbocycles. The molecule has 1 N–H and O–H groups in total. The minimum atomic E-state index is -0.484. The number of nitrogens with zero attached hydrogens (tertiary/aromatic N) is 1. The summed E-state index contributed by atoms with van der Waals surface area (Å²) >= 11 is 0. The highest BCUT2D eigenvalue weighted by Crippen LogP contribution is 2.18. The number of rotatable bonds is 9. The lowest BCUT2D eigenvalue weighted by atomic mass is 10.1. The lowest BCUT2D eigenvalue weighted by molar-refractivity contribution is 0.0891. The van der Waals surface area contributed by atoms with Crippen molar-refractivity contribution < 1.29 is 14.6 Å². The normalized spacial score (nSPS) is 12.7. The van der Waals surface area contributed by atoms with Crippen LogP contribution in [0.4, 0.5) is 0 Å². The van der Waals surface area contributed by atoms with Crippen molar-refractivity contribution in [3.05, 3.63) is 29.8 Å². The zero-order valence-electron chi connectivity index (χ0n) is 12.1. The van der Waals surface area contributed by atoms with E-state index >= 15 is 0 Å². The fraction of sp³-hybridized carbons (Fsp3) is 0.600. The smallest absolute Gasteiger partial charge is 0.119 e. The Morgan fingerprint density at radius 3 is 2.42 bits per heavy atom. The maximum atomic E-state index is 10.1. The van der Waals surface area contributed by atoms with Gasteiger partial charge in [0.25, 0.3) is 0 Å². The molecule has 0 aromatic heterocycles. The van der Waals surface area contributed by atoms with Crippen LogP contribution in [-0.2, 0) is 4.74 Å². The molecular formula is C15H25NO3. The van der Waals surface area contributed by atoms with Crippen molar-refractivity contribution in [3.63, 3.8) is 0 Å². The van der Waals surface area contributed by atoms with Crippen LogP contribution in [0.5, 0.6) is 5.75 Å². The van der Waals surface area contributed by atoms with E-state index in [1.54, 1.807) is 0 Å². The van der Waals surface area contributed by atoms with Gasteiger partial charge in [0.1, 0.15) is 5.75 Å². The van der Waals surface area contributed by atoms with E-state index in [4.69, 9.17) is 9.47 Å². The summed E-state index contributed by atoms with van der Waals surface area (Å²) < 4.78 is 10.7. The van der Waals surface area contributed by atoms with Gasteiger partial charge in [0, 0.05) is 19.7 Å². The van der Waals surface area contributed by atoms with Gasteiger partial charge in [-0.1, -0.05) is 12.1 Å². The molecule has 1 atom stereocenters. The van der Waals surface area contributed by atoms with Crippen LogP contribution in [0, 0.1) is 0 Å². The predicted octanol–water partition coefficient (Wildman–Crippen LogP) is 2.09. The second-order valence-corrected chi connectivity index (χ2v) is 4.48. The minimum absolute atomic E-state index is 0.484. The number of hydrogen-bond donors (Lipinski definition) is 1. The van der Waals surface area contributed by atoms with Gasteiger partial charge in [-0.05, 0) is 38.6 Å². The first-order valence-corrected chi connectivity index (χ1v) is 6.84. The quantitative estimate of drug-likeness (QED) is 0.696. The minimum Gasteiger partial charge on any atom is -0.494 e. The van der Waals surface area contributed by atoms with E-state index in [0.29, 0.717) is 19.8 Å². The van der Waals surface area contributed by atoms with Gasteiger partial charge in [-0.15, -0.1) is 0 Å². The Labute approximate surface area is 115 Å². The van der Waals surface area contributed by atoms with Gasteiger partial charge in [0.15, 0.2) is 0 Å². The van der Waals surface area contributed by atoms with Crippen molar-refractivity contribution in [1.29, 1.82) is 0 Å². The molecule has 0 radical (unpaired) electrons. The van der Waals surface area contributed by atoms with Crippen molar-refractivity contribution >= 4 is 0 Å². The molecule has 4 nitrogen and oxygen atoms in total. The Bertz CT molecular complexity index is 340. The maximum absolute atomic E-state index is 10.1. The number of likely N-dealkylation sites (N-methyl/N-ethyl adjacent to an activating group) is 1. The third-order valence-corrected chi connectivity index (χ3v) is 2.88. The fourth-order valence-electron chi connectivity index (χ4n) is 1.81. The van der Waals surface area contributed by atoms with Gasteiger partial charge in [-0.2, -0.15) is 0 Å². The van der Waals surface area contributed by atoms with Gasteiger partial charge < -0.3 is 19.5 Å². The highest BCUT2D eigenvalue weighted by atomic mass is 16.5. The summed E-state index contributed by atoms with van der Waals surface area (Å²) in [6, 6.07) is 7.60. The van der Waals surface area contributed by atoms with Crippen molar-refractivity contribution in [2.24, 2.45) is 0 Å². The first kappa shape index (κ1) is 16.0. The molecule has 0 aliphatic heterocycles. The molecule has 0 saturated heterocycles. The van der Waals surface area contributed by atoms with Gasteiger partial charge >= 0.3 is 0 Å². The highest BCUT2D eigenvalue weighted by molar-refractivity contribution is 5.28. The van der Waals surface area contributed by atoms with Crippen LogP contribution in [0.3, 0.4) is 0 Å². The molecule has 108 valence electrons. The molecule has 1 rings (SSSR count). The molecule has 0 heterocycles. The van der Waals surface area contributed by atoms with Crippen molar-refractivity contribution in [1.82, 2.24) is 4.90 Å². The fourth-order valence-corrected chi connectivity index (χ4v) is 1.81. The second-order valence-electron chi connectivity index (χ2n) is 4.48. The molecule has 0 aliphatic rings. The zero-order chi connectivity index (χ0) is 14.1. The summed E-state index contributed by atoms with van der Waals surface area (Å²) in [6.07, 6.45) is -0.484. The van der Waals surface area contributed by atoms with E-state index < -0.39 is 6.10 Å². The monoisotopic (exact) mass is 267 g/mol. The standard InChI is InChI=1S/C15H25NO3/c1-4-18-11-10-16(3)12-15(17)13-6-8-14(9-7-13)19-5-2/h6-9,15,17H,4-5,10-12H2,1-3H3. The summed E-state index contributed by atoms with van der Waals surface area (Å²) in [4.78, 5) is 2.07. The molecule has 1 unspecified atom stereocenters. The first-order chi connectivity index (χ1) is 9.17. The molecule has 0 saturated carbocycles. The largest absolute Gasteiger partial charge is 0.494 e. The Kier molecular flexibility index (Phi) is 7.48. The average molecular weight is 267 g/mol. The molecule has 0 amide bonds. The van der Waals surface area contributed by atoms with Crippen LogP contribution in [0.25, 0.3) is 0 Å². The lowest BCUT2D eigenvalue weighted by Gasteiger charge is -2.20. The van der Waals surface area contributed by atoms with Crippen molar-refractivity contribution in [3.8, 4) is 5.75 Å². The zero-order valence-corrected chi connectivity index (χ0v) is 12.1. The van der Waals surface area contributed by atoms with E-state index in [1.165, 1.54) is 0 Å². The van der Waals surface area contributed by atoms with E-state index in [-0.39, 0.29) is 0 Å². The molecule has 1 aromatic carbocycles. The van der Waals surface area contributed by atoms with Crippen LogP contribution in [0.2, 0.25) is 0 Å². The molecule has 0 bridgehead atoms. The van der Waals surface area contributed by atoms with Crippen molar-refractivity contribution in [2.45, 2.75) is 20.0 Å². The number of aliphatic hydroxyl groups excluding tert-OH is 1. The number of aliphatic hydroxyl groups is 1. The second kappa shape index (κ2) is 8.91. The summed E-state index contributed by atoms with van der Waals surface area (Å²) in [5.41, 5.74) is 0.909. The van der Waals surface area contributed by atoms with Crippen LogP contribution in [0.1, 0.15) is 25.5 Å². The van der Waals surface area contributed by atoms with E-state index in [1.807, 2.05) is 45.2 Å². The van der Waals surface area contributed by atoms with E-state index in [0.717, 1.165) is 24.5 Å². The summed E-state index contributed by atoms with van der Waals surface area (Å²) in [7, 11) is 1.98. The SMILES string of the molecule is CCOCCN(C)CC(O)c1ccc(OCC)cc1. The molecule has 0 spiro atoms. The van der Waals surface area contributed by atoms with E-state index in [2.05, 4.69) is 4.90 Å². The Balaban J connectivity index is 2.41. The number of ether oxygens (including phenoxy) is 2. The van der Waals surface area contributed by atoms with E-state index in [9.17, 15) is 5.11 Å².